The Morgan fingerprint density at radius 3 is 2.57 bits per heavy atom. The molecule has 0 unspecified atom stereocenters. The van der Waals surface area contributed by atoms with Crippen molar-refractivity contribution in [1.29, 1.82) is 0 Å². The van der Waals surface area contributed by atoms with Crippen molar-refractivity contribution < 1.29 is 14.3 Å². The number of ether oxygens (including phenoxy) is 2. The first-order chi connectivity index (χ1) is 13.6. The van der Waals surface area contributed by atoms with Crippen LogP contribution in [0.1, 0.15) is 30.6 Å². The lowest BCUT2D eigenvalue weighted by Gasteiger charge is -2.12. The summed E-state index contributed by atoms with van der Waals surface area (Å²) in [5.74, 6) is 2.20. The molecule has 1 N–H and O–H groups in total. The molecule has 6 heteroatoms. The highest BCUT2D eigenvalue weighted by Crippen LogP contribution is 2.24. The number of carbonyl (C=O) groups is 1. The Labute approximate surface area is 164 Å². The van der Waals surface area contributed by atoms with Gasteiger partial charge in [-0.05, 0) is 49.7 Å². The predicted octanol–water partition coefficient (Wildman–Crippen LogP) is 4.47. The van der Waals surface area contributed by atoms with Crippen molar-refractivity contribution in [2.45, 2.75) is 26.3 Å². The molecule has 0 saturated heterocycles. The van der Waals surface area contributed by atoms with Gasteiger partial charge in [-0.15, -0.1) is 0 Å². The van der Waals surface area contributed by atoms with Crippen LogP contribution in [0.4, 0.5) is 0 Å². The minimum absolute atomic E-state index is 0.109. The second kappa shape index (κ2) is 8.99. The standard InChI is InChI=1S/C22H23N3O3/c1-4-15(2)24-22(26)17-7-5-6-16(14-17)21-23-13-12-20(25-21)28-19-10-8-18(27-3)9-11-19/h5-15H,4H2,1-3H3,(H,24,26)/t15-/m1/s1. The number of amides is 1. The van der Waals surface area contributed by atoms with Gasteiger partial charge in [0.25, 0.3) is 5.91 Å². The molecule has 0 bridgehead atoms. The molecule has 0 saturated carbocycles. The lowest BCUT2D eigenvalue weighted by molar-refractivity contribution is 0.0939. The van der Waals surface area contributed by atoms with E-state index in [9.17, 15) is 4.79 Å². The molecule has 1 atom stereocenters. The largest absolute Gasteiger partial charge is 0.497 e. The average Bonchev–Trinajstić information content (AvgIpc) is 2.74. The van der Waals surface area contributed by atoms with E-state index >= 15 is 0 Å². The van der Waals surface area contributed by atoms with Gasteiger partial charge in [-0.3, -0.25) is 4.79 Å². The number of hydrogen-bond donors (Lipinski definition) is 1. The van der Waals surface area contributed by atoms with Crippen molar-refractivity contribution in [3.8, 4) is 28.8 Å². The van der Waals surface area contributed by atoms with E-state index in [1.807, 2.05) is 38.1 Å². The SMILES string of the molecule is CC[C@@H](C)NC(=O)c1cccc(-c2nccc(Oc3ccc(OC)cc3)n2)c1. The molecule has 0 fully saturated rings. The van der Waals surface area contributed by atoms with Crippen molar-refractivity contribution in [2.75, 3.05) is 7.11 Å². The van der Waals surface area contributed by atoms with E-state index in [4.69, 9.17) is 9.47 Å². The molecule has 144 valence electrons. The number of rotatable bonds is 7. The van der Waals surface area contributed by atoms with E-state index in [1.54, 1.807) is 43.6 Å². The monoisotopic (exact) mass is 377 g/mol. The van der Waals surface area contributed by atoms with E-state index in [2.05, 4.69) is 15.3 Å². The molecule has 0 aliphatic heterocycles. The summed E-state index contributed by atoms with van der Waals surface area (Å²) in [5.41, 5.74) is 1.32. The lowest BCUT2D eigenvalue weighted by atomic mass is 10.1. The fourth-order valence-corrected chi connectivity index (χ4v) is 2.51. The topological polar surface area (TPSA) is 73.3 Å². The Kier molecular flexibility index (Phi) is 6.22. The third kappa shape index (κ3) is 4.85. The van der Waals surface area contributed by atoms with Gasteiger partial charge in [-0.1, -0.05) is 19.1 Å². The molecule has 3 aromatic rings. The fraction of sp³-hybridized carbons (Fsp3) is 0.227. The maximum Gasteiger partial charge on any atom is 0.251 e. The van der Waals surface area contributed by atoms with Crippen LogP contribution in [0.15, 0.2) is 60.8 Å². The molecule has 28 heavy (non-hydrogen) atoms. The number of nitrogens with zero attached hydrogens (tertiary/aromatic N) is 2. The van der Waals surface area contributed by atoms with Gasteiger partial charge in [0.2, 0.25) is 5.88 Å². The lowest BCUT2D eigenvalue weighted by Crippen LogP contribution is -2.31. The van der Waals surface area contributed by atoms with Crippen molar-refractivity contribution >= 4 is 5.91 Å². The van der Waals surface area contributed by atoms with Crippen LogP contribution in [0.3, 0.4) is 0 Å². The van der Waals surface area contributed by atoms with E-state index < -0.39 is 0 Å². The number of hydrogen-bond acceptors (Lipinski definition) is 5. The van der Waals surface area contributed by atoms with Gasteiger partial charge in [0, 0.05) is 29.4 Å². The van der Waals surface area contributed by atoms with Gasteiger partial charge in [-0.25, -0.2) is 4.98 Å². The number of methoxy groups -OCH3 is 1. The van der Waals surface area contributed by atoms with Gasteiger partial charge in [-0.2, -0.15) is 4.98 Å². The summed E-state index contributed by atoms with van der Waals surface area (Å²) < 4.78 is 10.9. The second-order valence-electron chi connectivity index (χ2n) is 6.36. The number of nitrogens with one attached hydrogen (secondary N) is 1. The minimum atomic E-state index is -0.109. The maximum absolute atomic E-state index is 12.4. The zero-order valence-electron chi connectivity index (χ0n) is 16.2. The number of benzene rings is 2. The first kappa shape index (κ1) is 19.4. The van der Waals surface area contributed by atoms with Crippen LogP contribution >= 0.6 is 0 Å². The summed E-state index contributed by atoms with van der Waals surface area (Å²) in [6.07, 6.45) is 2.51. The van der Waals surface area contributed by atoms with Gasteiger partial charge in [0.05, 0.1) is 7.11 Å². The highest BCUT2D eigenvalue weighted by molar-refractivity contribution is 5.95. The predicted molar refractivity (Wildman–Crippen MR) is 108 cm³/mol. The van der Waals surface area contributed by atoms with Crippen LogP contribution in [-0.2, 0) is 0 Å². The smallest absolute Gasteiger partial charge is 0.251 e. The maximum atomic E-state index is 12.4. The summed E-state index contributed by atoms with van der Waals surface area (Å²) >= 11 is 0. The number of aromatic nitrogens is 2. The molecular weight excluding hydrogens is 354 g/mol. The van der Waals surface area contributed by atoms with Gasteiger partial charge in [0.15, 0.2) is 5.82 Å². The summed E-state index contributed by atoms with van der Waals surface area (Å²) in [6, 6.07) is 16.3. The Morgan fingerprint density at radius 1 is 1.11 bits per heavy atom. The quantitative estimate of drug-likeness (QED) is 0.657. The Balaban J connectivity index is 1.79. The van der Waals surface area contributed by atoms with E-state index in [-0.39, 0.29) is 11.9 Å². The first-order valence-electron chi connectivity index (χ1n) is 9.15. The van der Waals surface area contributed by atoms with Gasteiger partial charge in [0.1, 0.15) is 11.5 Å². The third-order valence-corrected chi connectivity index (χ3v) is 4.28. The molecule has 0 aliphatic rings. The molecule has 3 rings (SSSR count). The highest BCUT2D eigenvalue weighted by Gasteiger charge is 2.11. The Hall–Kier alpha value is -3.41. The van der Waals surface area contributed by atoms with Crippen LogP contribution in [0.25, 0.3) is 11.4 Å². The molecule has 1 aromatic heterocycles. The van der Waals surface area contributed by atoms with Crippen LogP contribution in [0, 0.1) is 0 Å². The molecule has 0 aliphatic carbocycles. The van der Waals surface area contributed by atoms with Crippen LogP contribution < -0.4 is 14.8 Å². The molecular formula is C22H23N3O3. The van der Waals surface area contributed by atoms with Crippen molar-refractivity contribution in [3.05, 3.63) is 66.4 Å². The summed E-state index contributed by atoms with van der Waals surface area (Å²) in [4.78, 5) is 21.1. The Bertz CT molecular complexity index is 942. The van der Waals surface area contributed by atoms with E-state index in [0.29, 0.717) is 23.0 Å². The zero-order chi connectivity index (χ0) is 19.9. The zero-order valence-corrected chi connectivity index (χ0v) is 16.2. The average molecular weight is 377 g/mol. The Morgan fingerprint density at radius 2 is 1.86 bits per heavy atom. The van der Waals surface area contributed by atoms with Crippen LogP contribution in [0.2, 0.25) is 0 Å². The molecule has 0 radical (unpaired) electrons. The van der Waals surface area contributed by atoms with Crippen molar-refractivity contribution in [1.82, 2.24) is 15.3 Å². The molecule has 0 spiro atoms. The van der Waals surface area contributed by atoms with E-state index in [0.717, 1.165) is 17.7 Å². The molecule has 6 nitrogen and oxygen atoms in total. The fourth-order valence-electron chi connectivity index (χ4n) is 2.51. The summed E-state index contributed by atoms with van der Waals surface area (Å²) in [5, 5.41) is 2.96. The van der Waals surface area contributed by atoms with Gasteiger partial charge >= 0.3 is 0 Å². The minimum Gasteiger partial charge on any atom is -0.497 e. The first-order valence-corrected chi connectivity index (χ1v) is 9.15. The third-order valence-electron chi connectivity index (χ3n) is 4.28. The van der Waals surface area contributed by atoms with E-state index in [1.165, 1.54) is 0 Å². The van der Waals surface area contributed by atoms with Crippen molar-refractivity contribution in [3.63, 3.8) is 0 Å². The van der Waals surface area contributed by atoms with Crippen LogP contribution in [0.5, 0.6) is 17.4 Å². The summed E-state index contributed by atoms with van der Waals surface area (Å²) in [7, 11) is 1.61. The van der Waals surface area contributed by atoms with Crippen LogP contribution in [-0.4, -0.2) is 29.0 Å². The second-order valence-corrected chi connectivity index (χ2v) is 6.36. The normalized spacial score (nSPS) is 11.5. The summed E-state index contributed by atoms with van der Waals surface area (Å²) in [6.45, 7) is 4.01. The highest BCUT2D eigenvalue weighted by atomic mass is 16.5. The number of carbonyl (C=O) groups excluding carboxylic acids is 1. The molecule has 2 aromatic carbocycles. The van der Waals surface area contributed by atoms with Gasteiger partial charge < -0.3 is 14.8 Å². The van der Waals surface area contributed by atoms with Crippen molar-refractivity contribution in [2.24, 2.45) is 0 Å². The molecule has 1 amide bonds. The molecule has 1 heterocycles.